The fourth-order valence-electron chi connectivity index (χ4n) is 2.72. The van der Waals surface area contributed by atoms with Gasteiger partial charge in [-0.2, -0.15) is 0 Å². The van der Waals surface area contributed by atoms with Crippen molar-refractivity contribution in [3.8, 4) is 5.75 Å². The number of imide groups is 1. The number of primary amides is 1. The van der Waals surface area contributed by atoms with Crippen molar-refractivity contribution in [3.05, 3.63) is 29.8 Å². The second-order valence-corrected chi connectivity index (χ2v) is 6.42. The third-order valence-corrected chi connectivity index (χ3v) is 4.24. The van der Waals surface area contributed by atoms with Crippen LogP contribution in [0.2, 0.25) is 0 Å². The first-order valence-electron chi connectivity index (χ1n) is 8.69. The number of carbonyl (C=O) groups is 4. The number of hydrogen-bond acceptors (Lipinski definition) is 6. The fourth-order valence-corrected chi connectivity index (χ4v) is 2.72. The van der Waals surface area contributed by atoms with E-state index in [4.69, 9.17) is 15.2 Å². The van der Waals surface area contributed by atoms with Crippen molar-refractivity contribution in [2.75, 3.05) is 33.4 Å². The number of amides is 5. The Balaban J connectivity index is 2.02. The normalized spacial score (nSPS) is 18.7. The zero-order valence-corrected chi connectivity index (χ0v) is 15.8. The zero-order chi connectivity index (χ0) is 20.7. The van der Waals surface area contributed by atoms with Crippen LogP contribution in [0.25, 0.3) is 0 Å². The molecule has 1 fully saturated rings. The van der Waals surface area contributed by atoms with Crippen molar-refractivity contribution in [3.63, 3.8) is 0 Å². The number of nitrogens with two attached hydrogens (primary N) is 1. The smallest absolute Gasteiger partial charge is 0.325 e. The van der Waals surface area contributed by atoms with Gasteiger partial charge < -0.3 is 25.8 Å². The molecule has 28 heavy (non-hydrogen) atoms. The predicted octanol–water partition coefficient (Wildman–Crippen LogP) is -0.530. The molecule has 0 aliphatic carbocycles. The number of methoxy groups -OCH3 is 1. The maximum atomic E-state index is 12.8. The summed E-state index contributed by atoms with van der Waals surface area (Å²) in [5.41, 5.74) is 4.23. The molecule has 0 radical (unpaired) electrons. The summed E-state index contributed by atoms with van der Waals surface area (Å²) in [6.45, 7) is 1.82. The second kappa shape index (κ2) is 9.18. The third kappa shape index (κ3) is 4.97. The number of rotatable bonds is 10. The van der Waals surface area contributed by atoms with E-state index >= 15 is 0 Å². The number of benzene rings is 1. The first kappa shape index (κ1) is 21.2. The molecule has 1 atom stereocenters. The first-order chi connectivity index (χ1) is 13.3. The van der Waals surface area contributed by atoms with Crippen LogP contribution in [0.1, 0.15) is 18.9 Å². The van der Waals surface area contributed by atoms with Gasteiger partial charge in [0.25, 0.3) is 11.8 Å². The summed E-state index contributed by atoms with van der Waals surface area (Å²) in [4.78, 5) is 48.7. The summed E-state index contributed by atoms with van der Waals surface area (Å²) < 4.78 is 10.1. The van der Waals surface area contributed by atoms with E-state index in [0.29, 0.717) is 30.9 Å². The number of nitrogens with one attached hydrogen (secondary N) is 2. The van der Waals surface area contributed by atoms with E-state index in [-0.39, 0.29) is 13.2 Å². The minimum atomic E-state index is -1.31. The lowest BCUT2D eigenvalue weighted by Gasteiger charge is -2.22. The highest BCUT2D eigenvalue weighted by molar-refractivity contribution is 6.09. The molecule has 5 amide bonds. The van der Waals surface area contributed by atoms with Gasteiger partial charge in [-0.1, -0.05) is 12.1 Å². The molecule has 1 aromatic carbocycles. The van der Waals surface area contributed by atoms with Crippen molar-refractivity contribution < 1.29 is 28.7 Å². The van der Waals surface area contributed by atoms with Crippen molar-refractivity contribution in [1.82, 2.24) is 15.5 Å². The highest BCUT2D eigenvalue weighted by Crippen LogP contribution is 2.29. The monoisotopic (exact) mass is 392 g/mol. The van der Waals surface area contributed by atoms with Crippen LogP contribution in [0.3, 0.4) is 0 Å². The summed E-state index contributed by atoms with van der Waals surface area (Å²) in [6.07, 6.45) is 0.629. The Bertz CT molecular complexity index is 751. The van der Waals surface area contributed by atoms with E-state index in [1.165, 1.54) is 0 Å². The number of carbonyl (C=O) groups excluding carboxylic acids is 4. The van der Waals surface area contributed by atoms with Crippen LogP contribution in [0.4, 0.5) is 4.79 Å². The van der Waals surface area contributed by atoms with Gasteiger partial charge in [0.15, 0.2) is 6.61 Å². The standard InChI is InChI=1S/C18H24N4O6/c1-18(12-4-6-13(7-5-12)28-11-14(19)23)16(25)22(17(26)21-18)10-15(24)20-8-3-9-27-2/h4-7H,3,8-11H2,1-2H3,(H2,19,23)(H,20,24)(H,21,26)/t18-/m1/s1. The van der Waals surface area contributed by atoms with Crippen LogP contribution < -0.4 is 21.1 Å². The Hall–Kier alpha value is -3.14. The van der Waals surface area contributed by atoms with Gasteiger partial charge in [0, 0.05) is 20.3 Å². The molecule has 1 saturated heterocycles. The van der Waals surface area contributed by atoms with E-state index in [1.54, 1.807) is 38.3 Å². The first-order valence-corrected chi connectivity index (χ1v) is 8.69. The van der Waals surface area contributed by atoms with Gasteiger partial charge in [-0.15, -0.1) is 0 Å². The fraction of sp³-hybridized carbons (Fsp3) is 0.444. The van der Waals surface area contributed by atoms with Gasteiger partial charge in [-0.25, -0.2) is 4.79 Å². The molecule has 0 spiro atoms. The van der Waals surface area contributed by atoms with Gasteiger partial charge in [0.05, 0.1) is 0 Å². The molecule has 2 rings (SSSR count). The summed E-state index contributed by atoms with van der Waals surface area (Å²) in [7, 11) is 1.56. The molecule has 1 aromatic rings. The van der Waals surface area contributed by atoms with Crippen molar-refractivity contribution in [2.45, 2.75) is 18.9 Å². The summed E-state index contributed by atoms with van der Waals surface area (Å²) in [5, 5.41) is 5.26. The van der Waals surface area contributed by atoms with Crippen LogP contribution in [0.15, 0.2) is 24.3 Å². The largest absolute Gasteiger partial charge is 0.484 e. The highest BCUT2D eigenvalue weighted by atomic mass is 16.5. The van der Waals surface area contributed by atoms with Gasteiger partial charge in [-0.3, -0.25) is 19.3 Å². The SMILES string of the molecule is COCCCNC(=O)CN1C(=O)N[C@](C)(c2ccc(OCC(N)=O)cc2)C1=O. The minimum Gasteiger partial charge on any atom is -0.484 e. The second-order valence-electron chi connectivity index (χ2n) is 6.42. The topological polar surface area (TPSA) is 140 Å². The maximum Gasteiger partial charge on any atom is 0.325 e. The molecule has 10 heteroatoms. The molecule has 0 saturated carbocycles. The molecule has 152 valence electrons. The van der Waals surface area contributed by atoms with E-state index < -0.39 is 29.3 Å². The molecule has 0 aromatic heterocycles. The molecule has 1 aliphatic heterocycles. The zero-order valence-electron chi connectivity index (χ0n) is 15.8. The minimum absolute atomic E-state index is 0.264. The summed E-state index contributed by atoms with van der Waals surface area (Å²) in [6, 6.07) is 5.68. The molecule has 0 unspecified atom stereocenters. The lowest BCUT2D eigenvalue weighted by molar-refractivity contribution is -0.134. The molecule has 0 bridgehead atoms. The maximum absolute atomic E-state index is 12.8. The summed E-state index contributed by atoms with van der Waals surface area (Å²) in [5.74, 6) is -1.17. The number of nitrogens with zero attached hydrogens (tertiary/aromatic N) is 1. The molecular formula is C18H24N4O6. The van der Waals surface area contributed by atoms with Crippen LogP contribution >= 0.6 is 0 Å². The van der Waals surface area contributed by atoms with Gasteiger partial charge in [0.1, 0.15) is 17.8 Å². The Labute approximate surface area is 162 Å². The van der Waals surface area contributed by atoms with E-state index in [9.17, 15) is 19.2 Å². The van der Waals surface area contributed by atoms with Crippen LogP contribution in [0.5, 0.6) is 5.75 Å². The lowest BCUT2D eigenvalue weighted by Crippen LogP contribution is -2.43. The molecule has 1 aliphatic rings. The van der Waals surface area contributed by atoms with Crippen LogP contribution in [-0.4, -0.2) is 62.1 Å². The van der Waals surface area contributed by atoms with E-state index in [1.807, 2.05) is 0 Å². The van der Waals surface area contributed by atoms with E-state index in [2.05, 4.69) is 10.6 Å². The third-order valence-electron chi connectivity index (χ3n) is 4.24. The Morgan fingerprint density at radius 1 is 1.25 bits per heavy atom. The Morgan fingerprint density at radius 3 is 2.54 bits per heavy atom. The van der Waals surface area contributed by atoms with Crippen LogP contribution in [-0.2, 0) is 24.7 Å². The number of hydrogen-bond donors (Lipinski definition) is 3. The highest BCUT2D eigenvalue weighted by Gasteiger charge is 2.49. The van der Waals surface area contributed by atoms with Crippen LogP contribution in [0, 0.1) is 0 Å². The lowest BCUT2D eigenvalue weighted by atomic mass is 9.92. The van der Waals surface area contributed by atoms with Crippen molar-refractivity contribution in [2.24, 2.45) is 5.73 Å². The van der Waals surface area contributed by atoms with Gasteiger partial charge in [-0.05, 0) is 31.0 Å². The molecular weight excluding hydrogens is 368 g/mol. The van der Waals surface area contributed by atoms with Gasteiger partial charge >= 0.3 is 6.03 Å². The predicted molar refractivity (Wildman–Crippen MR) is 98.2 cm³/mol. The Kier molecular flexibility index (Phi) is 6.94. The molecule has 4 N–H and O–H groups in total. The quantitative estimate of drug-likeness (QED) is 0.361. The molecule has 10 nitrogen and oxygen atoms in total. The van der Waals surface area contributed by atoms with Crippen molar-refractivity contribution >= 4 is 23.8 Å². The van der Waals surface area contributed by atoms with E-state index in [0.717, 1.165) is 4.90 Å². The Morgan fingerprint density at radius 2 is 1.93 bits per heavy atom. The van der Waals surface area contributed by atoms with Gasteiger partial charge in [0.2, 0.25) is 5.91 Å². The number of ether oxygens (including phenoxy) is 2. The number of urea groups is 1. The summed E-state index contributed by atoms with van der Waals surface area (Å²) >= 11 is 0. The average molecular weight is 392 g/mol. The molecule has 1 heterocycles. The van der Waals surface area contributed by atoms with Crippen molar-refractivity contribution in [1.29, 1.82) is 0 Å². The average Bonchev–Trinajstić information content (AvgIpc) is 2.88.